The number of benzene rings is 1. The minimum Gasteiger partial charge on any atom is -0.481 e. The molecule has 1 aliphatic rings. The zero-order valence-corrected chi connectivity index (χ0v) is 15.9. The van der Waals surface area contributed by atoms with Crippen LogP contribution in [-0.2, 0) is 16.1 Å². The fraction of sp³-hybridized carbons (Fsp3) is 0.524. The number of amides is 1. The molecule has 0 aromatic heterocycles. The Kier molecular flexibility index (Phi) is 8.97. The summed E-state index contributed by atoms with van der Waals surface area (Å²) in [6.07, 6.45) is 4.02. The van der Waals surface area contributed by atoms with E-state index >= 15 is 0 Å². The first-order chi connectivity index (χ1) is 13.5. The van der Waals surface area contributed by atoms with Gasteiger partial charge in [0.05, 0.1) is 18.8 Å². The van der Waals surface area contributed by atoms with Crippen molar-refractivity contribution in [1.82, 2.24) is 5.32 Å². The van der Waals surface area contributed by atoms with E-state index in [9.17, 15) is 19.8 Å². The zero-order valence-electron chi connectivity index (χ0n) is 15.9. The van der Waals surface area contributed by atoms with Crippen LogP contribution in [0, 0.1) is 11.8 Å². The predicted octanol–water partition coefficient (Wildman–Crippen LogP) is 2.47. The third kappa shape index (κ3) is 7.32. The van der Waals surface area contributed by atoms with Gasteiger partial charge in [0.15, 0.2) is 0 Å². The first-order valence-electron chi connectivity index (χ1n) is 9.65. The molecule has 4 atom stereocenters. The van der Waals surface area contributed by atoms with Crippen molar-refractivity contribution in [2.75, 3.05) is 6.61 Å². The summed E-state index contributed by atoms with van der Waals surface area (Å²) < 4.78 is 5.26. The molecule has 2 unspecified atom stereocenters. The van der Waals surface area contributed by atoms with E-state index < -0.39 is 24.3 Å². The van der Waals surface area contributed by atoms with Crippen LogP contribution in [0.4, 0.5) is 4.79 Å². The Morgan fingerprint density at radius 1 is 1.11 bits per heavy atom. The Bertz CT molecular complexity index is 648. The van der Waals surface area contributed by atoms with Gasteiger partial charge in [-0.15, -0.1) is 0 Å². The molecule has 7 heteroatoms. The lowest BCUT2D eigenvalue weighted by molar-refractivity contribution is -0.137. The number of ether oxygens (including phenoxy) is 1. The van der Waals surface area contributed by atoms with E-state index in [0.29, 0.717) is 25.8 Å². The molecule has 1 aromatic carbocycles. The molecule has 0 bridgehead atoms. The number of aliphatic hydroxyl groups excluding tert-OH is 2. The number of rotatable bonds is 10. The molecule has 0 heterocycles. The number of unbranched alkanes of at least 4 members (excludes halogenated alkanes) is 1. The molecule has 28 heavy (non-hydrogen) atoms. The molecule has 0 spiro atoms. The van der Waals surface area contributed by atoms with Crippen molar-refractivity contribution in [3.8, 4) is 0 Å². The van der Waals surface area contributed by atoms with E-state index in [1.165, 1.54) is 0 Å². The molecular formula is C21H29NO6. The third-order valence-corrected chi connectivity index (χ3v) is 5.04. The molecule has 154 valence electrons. The minimum absolute atomic E-state index is 0.0381. The fourth-order valence-corrected chi connectivity index (χ4v) is 3.47. The number of allylic oxidation sites excluding steroid dienone is 2. The quantitative estimate of drug-likeness (QED) is 0.360. The molecule has 7 nitrogen and oxygen atoms in total. The highest BCUT2D eigenvalue weighted by Crippen LogP contribution is 2.35. The van der Waals surface area contributed by atoms with Gasteiger partial charge in [-0.3, -0.25) is 4.79 Å². The normalized spacial score (nSPS) is 24.4. The predicted molar refractivity (Wildman–Crippen MR) is 103 cm³/mol. The summed E-state index contributed by atoms with van der Waals surface area (Å²) >= 11 is 0. The fourth-order valence-electron chi connectivity index (χ4n) is 3.47. The summed E-state index contributed by atoms with van der Waals surface area (Å²) in [7, 11) is 0. The van der Waals surface area contributed by atoms with Gasteiger partial charge in [-0.1, -0.05) is 42.5 Å². The number of aliphatic hydroxyl groups is 2. The zero-order chi connectivity index (χ0) is 20.4. The van der Waals surface area contributed by atoms with Crippen molar-refractivity contribution in [3.05, 3.63) is 48.0 Å². The van der Waals surface area contributed by atoms with Crippen LogP contribution < -0.4 is 5.32 Å². The summed E-state index contributed by atoms with van der Waals surface area (Å²) in [6.45, 7) is 0.397. The summed E-state index contributed by atoms with van der Waals surface area (Å²) in [6, 6.07) is 9.47. The van der Waals surface area contributed by atoms with Crippen molar-refractivity contribution in [2.45, 2.75) is 50.9 Å². The van der Waals surface area contributed by atoms with Crippen LogP contribution in [0.3, 0.4) is 0 Å². The molecule has 0 radical (unpaired) electrons. The van der Waals surface area contributed by atoms with Crippen LogP contribution in [-0.4, -0.2) is 46.2 Å². The van der Waals surface area contributed by atoms with Crippen LogP contribution in [0.1, 0.15) is 37.7 Å². The van der Waals surface area contributed by atoms with Crippen LogP contribution in [0.15, 0.2) is 42.5 Å². The molecule has 0 aliphatic heterocycles. The van der Waals surface area contributed by atoms with Crippen LogP contribution in [0.5, 0.6) is 0 Å². The Labute approximate surface area is 165 Å². The molecule has 1 amide bonds. The molecular weight excluding hydrogens is 362 g/mol. The van der Waals surface area contributed by atoms with Gasteiger partial charge in [0.25, 0.3) is 0 Å². The van der Waals surface area contributed by atoms with Crippen LogP contribution in [0.2, 0.25) is 0 Å². The highest BCUT2D eigenvalue weighted by Gasteiger charge is 2.41. The average molecular weight is 391 g/mol. The summed E-state index contributed by atoms with van der Waals surface area (Å²) in [5.41, 5.74) is 0.960. The van der Waals surface area contributed by atoms with Gasteiger partial charge in [0.2, 0.25) is 0 Å². The van der Waals surface area contributed by atoms with E-state index in [1.54, 1.807) is 0 Å². The molecule has 2 rings (SSSR count). The molecule has 4 N–H and O–H groups in total. The number of carbonyl (C=O) groups is 2. The second-order valence-electron chi connectivity index (χ2n) is 7.13. The number of nitrogens with one attached hydrogen (secondary N) is 1. The smallest absolute Gasteiger partial charge is 0.407 e. The van der Waals surface area contributed by atoms with Gasteiger partial charge in [-0.05, 0) is 37.2 Å². The average Bonchev–Trinajstić information content (AvgIpc) is 2.94. The van der Waals surface area contributed by atoms with Crippen LogP contribution >= 0.6 is 0 Å². The lowest BCUT2D eigenvalue weighted by Gasteiger charge is -2.22. The van der Waals surface area contributed by atoms with E-state index in [1.807, 2.05) is 42.5 Å². The number of hydrogen-bond acceptors (Lipinski definition) is 5. The highest BCUT2D eigenvalue weighted by molar-refractivity contribution is 5.67. The topological polar surface area (TPSA) is 116 Å². The van der Waals surface area contributed by atoms with E-state index in [-0.39, 0.29) is 31.3 Å². The maximum Gasteiger partial charge on any atom is 0.407 e. The molecule has 1 aliphatic carbocycles. The third-order valence-electron chi connectivity index (χ3n) is 5.04. The second-order valence-corrected chi connectivity index (χ2v) is 7.13. The number of carboxylic acid groups (broad SMARTS) is 1. The molecule has 1 fully saturated rings. The minimum atomic E-state index is -0.814. The lowest BCUT2D eigenvalue weighted by Crippen LogP contribution is -2.31. The van der Waals surface area contributed by atoms with Crippen molar-refractivity contribution in [3.63, 3.8) is 0 Å². The Balaban J connectivity index is 1.75. The van der Waals surface area contributed by atoms with Crippen molar-refractivity contribution >= 4 is 12.1 Å². The van der Waals surface area contributed by atoms with E-state index in [4.69, 9.17) is 9.84 Å². The maximum absolute atomic E-state index is 11.9. The lowest BCUT2D eigenvalue weighted by atomic mass is 9.91. The molecule has 1 saturated carbocycles. The van der Waals surface area contributed by atoms with Gasteiger partial charge < -0.3 is 25.4 Å². The summed E-state index contributed by atoms with van der Waals surface area (Å²) in [5.74, 6) is -1.35. The van der Waals surface area contributed by atoms with Crippen LogP contribution in [0.25, 0.3) is 0 Å². The standard InChI is InChI=1S/C21H29NO6/c23-18-12-19(24)17(16(18)10-6-1-2-7-11-20(25)26)14-28-21(27)22-13-15-8-4-3-5-9-15/h1,3-6,8-9,16-19,23-24H,2,7,10-14H2,(H,22,27)(H,25,26)/t16-,17-,18?,19?/m1/s1. The first kappa shape index (κ1) is 21.9. The van der Waals surface area contributed by atoms with Gasteiger partial charge >= 0.3 is 12.1 Å². The Hall–Kier alpha value is -2.38. The Morgan fingerprint density at radius 2 is 1.82 bits per heavy atom. The van der Waals surface area contributed by atoms with Crippen molar-refractivity contribution in [1.29, 1.82) is 0 Å². The molecule has 1 aromatic rings. The van der Waals surface area contributed by atoms with Gasteiger partial charge in [0.1, 0.15) is 0 Å². The molecule has 0 saturated heterocycles. The summed E-state index contributed by atoms with van der Waals surface area (Å²) in [4.78, 5) is 22.4. The Morgan fingerprint density at radius 3 is 2.54 bits per heavy atom. The van der Waals surface area contributed by atoms with Crippen molar-refractivity contribution in [2.24, 2.45) is 11.8 Å². The SMILES string of the molecule is O=C(O)CCCC=CC[C@H]1C(O)CC(O)[C@@H]1COC(=O)NCc1ccccc1. The van der Waals surface area contributed by atoms with Gasteiger partial charge in [0, 0.05) is 18.9 Å². The number of alkyl carbamates (subject to hydrolysis) is 1. The largest absolute Gasteiger partial charge is 0.481 e. The monoisotopic (exact) mass is 391 g/mol. The maximum atomic E-state index is 11.9. The van der Waals surface area contributed by atoms with Gasteiger partial charge in [-0.2, -0.15) is 0 Å². The number of carbonyl (C=O) groups excluding carboxylic acids is 1. The van der Waals surface area contributed by atoms with Gasteiger partial charge in [-0.25, -0.2) is 4.79 Å². The number of carboxylic acids is 1. The highest BCUT2D eigenvalue weighted by atomic mass is 16.5. The first-order valence-corrected chi connectivity index (χ1v) is 9.65. The van der Waals surface area contributed by atoms with Crippen molar-refractivity contribution < 1.29 is 29.6 Å². The number of aliphatic carboxylic acids is 1. The second kappa shape index (κ2) is 11.5. The number of hydrogen-bond donors (Lipinski definition) is 4. The van der Waals surface area contributed by atoms with E-state index in [2.05, 4.69) is 5.32 Å². The van der Waals surface area contributed by atoms with E-state index in [0.717, 1.165) is 5.56 Å². The summed E-state index contributed by atoms with van der Waals surface area (Å²) in [5, 5.41) is 31.7.